The first-order valence-electron chi connectivity index (χ1n) is 9.55. The van der Waals surface area contributed by atoms with Crippen LogP contribution >= 0.6 is 0 Å². The fraction of sp³-hybridized carbons (Fsp3) is 0.318. The average Bonchev–Trinajstić information content (AvgIpc) is 2.74. The van der Waals surface area contributed by atoms with Crippen molar-refractivity contribution in [1.82, 2.24) is 4.90 Å². The first kappa shape index (κ1) is 20.3. The third-order valence-electron chi connectivity index (χ3n) is 5.04. The normalized spacial score (nSPS) is 13.7. The van der Waals surface area contributed by atoms with E-state index in [0.29, 0.717) is 43.1 Å². The quantitative estimate of drug-likeness (QED) is 0.782. The van der Waals surface area contributed by atoms with E-state index >= 15 is 0 Å². The van der Waals surface area contributed by atoms with E-state index in [9.17, 15) is 14.0 Å². The van der Waals surface area contributed by atoms with Crippen LogP contribution in [0.4, 0.5) is 15.8 Å². The van der Waals surface area contributed by atoms with Crippen molar-refractivity contribution in [3.05, 3.63) is 59.9 Å². The fourth-order valence-electron chi connectivity index (χ4n) is 3.48. The van der Waals surface area contributed by atoms with E-state index < -0.39 is 0 Å². The smallest absolute Gasteiger partial charge is 0.224 e. The number of para-hydroxylation sites is 1. The number of halogens is 1. The summed E-state index contributed by atoms with van der Waals surface area (Å²) in [6.07, 6.45) is 0.191. The van der Waals surface area contributed by atoms with Crippen molar-refractivity contribution in [1.29, 1.82) is 5.26 Å². The molecule has 6 nitrogen and oxygen atoms in total. The van der Waals surface area contributed by atoms with Gasteiger partial charge in [-0.15, -0.1) is 0 Å². The molecule has 1 aliphatic rings. The molecule has 0 radical (unpaired) electrons. The van der Waals surface area contributed by atoms with Crippen molar-refractivity contribution in [2.45, 2.75) is 13.3 Å². The molecule has 0 saturated carbocycles. The highest BCUT2D eigenvalue weighted by Crippen LogP contribution is 2.21. The minimum absolute atomic E-state index is 0.0409. The van der Waals surface area contributed by atoms with Crippen LogP contribution in [0.2, 0.25) is 0 Å². The van der Waals surface area contributed by atoms with Gasteiger partial charge >= 0.3 is 0 Å². The molecule has 1 aliphatic heterocycles. The Hall–Kier alpha value is -3.40. The first-order valence-corrected chi connectivity index (χ1v) is 9.55. The van der Waals surface area contributed by atoms with Crippen LogP contribution in [-0.4, -0.2) is 49.4 Å². The van der Waals surface area contributed by atoms with Crippen molar-refractivity contribution in [2.75, 3.05) is 42.5 Å². The molecular weight excluding hydrogens is 371 g/mol. The second kappa shape index (κ2) is 9.20. The Labute approximate surface area is 169 Å². The summed E-state index contributed by atoms with van der Waals surface area (Å²) in [5.74, 6) is -0.484. The summed E-state index contributed by atoms with van der Waals surface area (Å²) in [6, 6.07) is 15.5. The summed E-state index contributed by atoms with van der Waals surface area (Å²) in [4.78, 5) is 29.9. The number of benzene rings is 2. The number of carbonyl (C=O) groups is 2. The molecule has 150 valence electrons. The highest BCUT2D eigenvalue weighted by Gasteiger charge is 2.23. The summed E-state index contributed by atoms with van der Waals surface area (Å²) in [5.41, 5.74) is 1.62. The molecule has 29 heavy (non-hydrogen) atoms. The van der Waals surface area contributed by atoms with Crippen LogP contribution in [0.15, 0.2) is 48.5 Å². The van der Waals surface area contributed by atoms with Crippen LogP contribution < -0.4 is 9.80 Å². The summed E-state index contributed by atoms with van der Waals surface area (Å²) in [7, 11) is 0. The van der Waals surface area contributed by atoms with Crippen molar-refractivity contribution in [2.24, 2.45) is 0 Å². The molecule has 0 aliphatic carbocycles. The number of hydrogen-bond acceptors (Lipinski definition) is 4. The van der Waals surface area contributed by atoms with E-state index in [1.807, 2.05) is 4.90 Å². The minimum atomic E-state index is -0.260. The van der Waals surface area contributed by atoms with E-state index in [1.54, 1.807) is 47.4 Å². The number of nitrogens with zero attached hydrogens (tertiary/aromatic N) is 4. The highest BCUT2D eigenvalue weighted by atomic mass is 19.1. The number of anilines is 2. The molecule has 0 aromatic heterocycles. The van der Waals surface area contributed by atoms with E-state index in [1.165, 1.54) is 17.9 Å². The average molecular weight is 394 g/mol. The number of rotatable bonds is 5. The molecule has 2 aromatic carbocycles. The molecule has 0 spiro atoms. The highest BCUT2D eigenvalue weighted by molar-refractivity contribution is 5.92. The molecule has 0 atom stereocenters. The van der Waals surface area contributed by atoms with Gasteiger partial charge in [-0.1, -0.05) is 18.2 Å². The van der Waals surface area contributed by atoms with Crippen LogP contribution in [0.3, 0.4) is 0 Å². The molecule has 7 heteroatoms. The van der Waals surface area contributed by atoms with Crippen LogP contribution in [-0.2, 0) is 9.59 Å². The lowest BCUT2D eigenvalue weighted by Crippen LogP contribution is -2.49. The molecule has 0 N–H and O–H groups in total. The Morgan fingerprint density at radius 2 is 1.83 bits per heavy atom. The molecule has 2 aromatic rings. The lowest BCUT2D eigenvalue weighted by Gasteiger charge is -2.36. The lowest BCUT2D eigenvalue weighted by molar-refractivity contribution is -0.131. The van der Waals surface area contributed by atoms with Crippen molar-refractivity contribution in [3.63, 3.8) is 0 Å². The van der Waals surface area contributed by atoms with Gasteiger partial charge in [0.15, 0.2) is 0 Å². The molecular formula is C22H23FN4O2. The van der Waals surface area contributed by atoms with Gasteiger partial charge in [0.2, 0.25) is 11.8 Å². The second-order valence-electron chi connectivity index (χ2n) is 6.90. The van der Waals surface area contributed by atoms with Crippen molar-refractivity contribution >= 4 is 23.2 Å². The lowest BCUT2D eigenvalue weighted by atomic mass is 10.2. The maximum absolute atomic E-state index is 14.0. The van der Waals surface area contributed by atoms with Gasteiger partial charge in [0.05, 0.1) is 17.3 Å². The van der Waals surface area contributed by atoms with Gasteiger partial charge < -0.3 is 14.7 Å². The van der Waals surface area contributed by atoms with E-state index in [2.05, 4.69) is 6.07 Å². The number of hydrogen-bond donors (Lipinski definition) is 0. The van der Waals surface area contributed by atoms with Gasteiger partial charge in [-0.05, 0) is 30.3 Å². The largest absolute Gasteiger partial charge is 0.366 e. The SMILES string of the molecule is CC(=O)N(CCC(=O)N1CCN(c2ccccc2F)CC1)c1cccc(C#N)c1. The third kappa shape index (κ3) is 4.91. The fourth-order valence-corrected chi connectivity index (χ4v) is 3.48. The maximum Gasteiger partial charge on any atom is 0.224 e. The predicted molar refractivity (Wildman–Crippen MR) is 109 cm³/mol. The Bertz CT molecular complexity index is 932. The molecule has 0 bridgehead atoms. The standard InChI is InChI=1S/C22H23FN4O2/c1-17(28)27(19-6-4-5-18(15-19)16-24)10-9-22(29)26-13-11-25(12-14-26)21-8-3-2-7-20(21)23/h2-8,15H,9-14H2,1H3. The molecule has 1 saturated heterocycles. The van der Waals surface area contributed by atoms with E-state index in [0.717, 1.165) is 0 Å². The molecule has 0 unspecified atom stereocenters. The van der Waals surface area contributed by atoms with Crippen molar-refractivity contribution in [3.8, 4) is 6.07 Å². The molecule has 1 heterocycles. The minimum Gasteiger partial charge on any atom is -0.366 e. The summed E-state index contributed by atoms with van der Waals surface area (Å²) in [6.45, 7) is 3.84. The number of amides is 2. The number of carbonyl (C=O) groups excluding carboxylic acids is 2. The van der Waals surface area contributed by atoms with Gasteiger partial charge in [0.1, 0.15) is 5.82 Å². The Balaban J connectivity index is 1.57. The Morgan fingerprint density at radius 1 is 1.10 bits per heavy atom. The van der Waals surface area contributed by atoms with Crippen LogP contribution in [0.1, 0.15) is 18.9 Å². The van der Waals surface area contributed by atoms with E-state index in [-0.39, 0.29) is 30.6 Å². The maximum atomic E-state index is 14.0. The van der Waals surface area contributed by atoms with Gasteiger partial charge in [0, 0.05) is 51.8 Å². The molecule has 2 amide bonds. The van der Waals surface area contributed by atoms with Crippen LogP contribution in [0.25, 0.3) is 0 Å². The van der Waals surface area contributed by atoms with E-state index in [4.69, 9.17) is 5.26 Å². The zero-order valence-electron chi connectivity index (χ0n) is 16.3. The van der Waals surface area contributed by atoms with Gasteiger partial charge in [-0.3, -0.25) is 9.59 Å². The monoisotopic (exact) mass is 394 g/mol. The van der Waals surface area contributed by atoms with Gasteiger partial charge in [0.25, 0.3) is 0 Å². The van der Waals surface area contributed by atoms with Gasteiger partial charge in [-0.25, -0.2) is 4.39 Å². The molecule has 1 fully saturated rings. The van der Waals surface area contributed by atoms with Gasteiger partial charge in [-0.2, -0.15) is 5.26 Å². The third-order valence-corrected chi connectivity index (χ3v) is 5.04. The van der Waals surface area contributed by atoms with Crippen LogP contribution in [0.5, 0.6) is 0 Å². The summed E-state index contributed by atoms with van der Waals surface area (Å²) >= 11 is 0. The summed E-state index contributed by atoms with van der Waals surface area (Å²) < 4.78 is 14.0. The Kier molecular flexibility index (Phi) is 6.45. The summed E-state index contributed by atoms with van der Waals surface area (Å²) in [5, 5.41) is 9.05. The number of nitriles is 1. The topological polar surface area (TPSA) is 67.7 Å². The van der Waals surface area contributed by atoms with Crippen LogP contribution in [0, 0.1) is 17.1 Å². The first-order chi connectivity index (χ1) is 14.0. The Morgan fingerprint density at radius 3 is 2.48 bits per heavy atom. The zero-order valence-corrected chi connectivity index (χ0v) is 16.3. The zero-order chi connectivity index (χ0) is 20.8. The second-order valence-corrected chi connectivity index (χ2v) is 6.90. The number of piperazine rings is 1. The van der Waals surface area contributed by atoms with Crippen molar-refractivity contribution < 1.29 is 14.0 Å². The predicted octanol–water partition coefficient (Wildman–Crippen LogP) is 2.79. The molecule has 3 rings (SSSR count).